The lowest BCUT2D eigenvalue weighted by molar-refractivity contribution is -0.0110. The van der Waals surface area contributed by atoms with Gasteiger partial charge in [0.1, 0.15) is 11.6 Å². The first-order valence-electron chi connectivity index (χ1n) is 9.61. The fourth-order valence-electron chi connectivity index (χ4n) is 6.13. The van der Waals surface area contributed by atoms with E-state index in [0.29, 0.717) is 0 Å². The van der Waals surface area contributed by atoms with Crippen LogP contribution < -0.4 is 5.32 Å². The van der Waals surface area contributed by atoms with Crippen molar-refractivity contribution in [1.29, 1.82) is 0 Å². The molecule has 25 heavy (non-hydrogen) atoms. The van der Waals surface area contributed by atoms with E-state index in [0.717, 1.165) is 35.9 Å². The van der Waals surface area contributed by atoms with Gasteiger partial charge in [-0.2, -0.15) is 0 Å². The number of hydrogen-bond acceptors (Lipinski definition) is 3. The monoisotopic (exact) mass is 340 g/mol. The molecule has 4 saturated carbocycles. The molecule has 0 aliphatic heterocycles. The van der Waals surface area contributed by atoms with Crippen molar-refractivity contribution in [3.63, 3.8) is 0 Å². The SMILES string of the molecule is CCn1c(Nc2ccc(F)cc2)nnc1C12CC3CC(CC(C3)C1)C2. The van der Waals surface area contributed by atoms with Crippen LogP contribution in [0.2, 0.25) is 0 Å². The summed E-state index contributed by atoms with van der Waals surface area (Å²) >= 11 is 0. The van der Waals surface area contributed by atoms with Gasteiger partial charge in [0, 0.05) is 17.6 Å². The molecule has 2 aromatic rings. The molecule has 4 nitrogen and oxygen atoms in total. The van der Waals surface area contributed by atoms with Gasteiger partial charge in [0.25, 0.3) is 0 Å². The van der Waals surface area contributed by atoms with Crippen LogP contribution in [-0.2, 0) is 12.0 Å². The van der Waals surface area contributed by atoms with Crippen molar-refractivity contribution in [1.82, 2.24) is 14.8 Å². The van der Waals surface area contributed by atoms with Crippen LogP contribution in [0.5, 0.6) is 0 Å². The summed E-state index contributed by atoms with van der Waals surface area (Å²) in [6, 6.07) is 6.42. The molecule has 4 fully saturated rings. The van der Waals surface area contributed by atoms with Crippen molar-refractivity contribution in [2.75, 3.05) is 5.32 Å². The molecule has 4 aliphatic rings. The number of hydrogen-bond donors (Lipinski definition) is 1. The summed E-state index contributed by atoms with van der Waals surface area (Å²) in [5.41, 5.74) is 1.08. The Morgan fingerprint density at radius 2 is 1.64 bits per heavy atom. The van der Waals surface area contributed by atoms with Crippen molar-refractivity contribution < 1.29 is 4.39 Å². The summed E-state index contributed by atoms with van der Waals surface area (Å²) in [6.07, 6.45) is 8.15. The van der Waals surface area contributed by atoms with E-state index in [-0.39, 0.29) is 11.2 Å². The predicted octanol–water partition coefficient (Wildman–Crippen LogP) is 4.65. The van der Waals surface area contributed by atoms with Gasteiger partial charge in [0.05, 0.1) is 0 Å². The van der Waals surface area contributed by atoms with E-state index in [4.69, 9.17) is 0 Å². The first-order chi connectivity index (χ1) is 12.1. The van der Waals surface area contributed by atoms with Gasteiger partial charge < -0.3 is 5.32 Å². The van der Waals surface area contributed by atoms with Gasteiger partial charge in [-0.25, -0.2) is 4.39 Å². The van der Waals surface area contributed by atoms with E-state index in [1.54, 1.807) is 12.1 Å². The zero-order chi connectivity index (χ0) is 17.0. The van der Waals surface area contributed by atoms with Crippen molar-refractivity contribution in [3.8, 4) is 0 Å². The number of nitrogens with one attached hydrogen (secondary N) is 1. The van der Waals surface area contributed by atoms with Gasteiger partial charge in [-0.1, -0.05) is 0 Å². The second-order valence-electron chi connectivity index (χ2n) is 8.42. The van der Waals surface area contributed by atoms with Crippen LogP contribution in [0.25, 0.3) is 0 Å². The molecule has 4 aliphatic carbocycles. The molecule has 1 aromatic carbocycles. The van der Waals surface area contributed by atoms with Crippen molar-refractivity contribution in [3.05, 3.63) is 35.9 Å². The quantitative estimate of drug-likeness (QED) is 0.881. The van der Waals surface area contributed by atoms with Crippen molar-refractivity contribution in [2.45, 2.75) is 57.4 Å². The molecule has 4 bridgehead atoms. The normalized spacial score (nSPS) is 33.0. The lowest BCUT2D eigenvalue weighted by Gasteiger charge is -2.56. The second kappa shape index (κ2) is 5.55. The fourth-order valence-corrected chi connectivity index (χ4v) is 6.13. The molecular formula is C20H25FN4. The first-order valence-corrected chi connectivity index (χ1v) is 9.61. The van der Waals surface area contributed by atoms with Crippen molar-refractivity contribution >= 4 is 11.6 Å². The van der Waals surface area contributed by atoms with Gasteiger partial charge >= 0.3 is 0 Å². The number of benzene rings is 1. The Hall–Kier alpha value is -1.91. The molecule has 0 amide bonds. The van der Waals surface area contributed by atoms with E-state index in [9.17, 15) is 4.39 Å². The molecule has 0 atom stereocenters. The van der Waals surface area contributed by atoms with Crippen molar-refractivity contribution in [2.24, 2.45) is 17.8 Å². The molecule has 1 heterocycles. The molecule has 1 N–H and O–H groups in total. The highest BCUT2D eigenvalue weighted by Gasteiger charge is 2.53. The van der Waals surface area contributed by atoms with Crippen LogP contribution in [0.4, 0.5) is 16.0 Å². The summed E-state index contributed by atoms with van der Waals surface area (Å²) in [5.74, 6) is 4.40. The number of anilines is 2. The van der Waals surface area contributed by atoms with E-state index in [2.05, 4.69) is 27.0 Å². The zero-order valence-electron chi connectivity index (χ0n) is 14.7. The largest absolute Gasteiger partial charge is 0.324 e. The molecular weight excluding hydrogens is 315 g/mol. The maximum atomic E-state index is 13.1. The minimum Gasteiger partial charge on any atom is -0.324 e. The Labute approximate surface area is 147 Å². The third-order valence-electron chi connectivity index (χ3n) is 6.68. The number of aromatic nitrogens is 3. The van der Waals surface area contributed by atoms with Gasteiger partial charge in [0.15, 0.2) is 0 Å². The lowest BCUT2D eigenvalue weighted by atomic mass is 9.49. The molecule has 132 valence electrons. The Morgan fingerprint density at radius 3 is 2.20 bits per heavy atom. The topological polar surface area (TPSA) is 42.7 Å². The smallest absolute Gasteiger partial charge is 0.229 e. The predicted molar refractivity (Wildman–Crippen MR) is 95.2 cm³/mol. The molecule has 0 spiro atoms. The van der Waals surface area contributed by atoms with E-state index in [1.807, 2.05) is 0 Å². The van der Waals surface area contributed by atoms with E-state index in [1.165, 1.54) is 56.5 Å². The second-order valence-corrected chi connectivity index (χ2v) is 8.42. The minimum absolute atomic E-state index is 0.225. The average Bonchev–Trinajstić information content (AvgIpc) is 2.99. The third kappa shape index (κ3) is 2.47. The standard InChI is InChI=1S/C20H25FN4/c1-2-25-18(20-10-13-7-14(11-20)9-15(8-13)12-20)23-24-19(25)22-17-5-3-16(21)4-6-17/h3-6,13-15H,2,7-12H2,1H3,(H,22,24). The Kier molecular flexibility index (Phi) is 3.41. The summed E-state index contributed by atoms with van der Waals surface area (Å²) in [7, 11) is 0. The number of halogens is 1. The average molecular weight is 340 g/mol. The summed E-state index contributed by atoms with van der Waals surface area (Å²) in [4.78, 5) is 0. The zero-order valence-corrected chi connectivity index (χ0v) is 14.7. The van der Waals surface area contributed by atoms with E-state index < -0.39 is 0 Å². The lowest BCUT2D eigenvalue weighted by Crippen LogP contribution is -2.49. The molecule has 1 aromatic heterocycles. The molecule has 5 heteroatoms. The summed E-state index contributed by atoms with van der Waals surface area (Å²) in [5, 5.41) is 12.5. The highest BCUT2D eigenvalue weighted by molar-refractivity contribution is 5.53. The Morgan fingerprint density at radius 1 is 1.04 bits per heavy atom. The molecule has 0 unspecified atom stereocenters. The van der Waals surface area contributed by atoms with Crippen LogP contribution in [0.1, 0.15) is 51.3 Å². The highest BCUT2D eigenvalue weighted by atomic mass is 19.1. The number of rotatable bonds is 4. The number of nitrogens with zero attached hydrogens (tertiary/aromatic N) is 3. The van der Waals surface area contributed by atoms with Gasteiger partial charge in [-0.05, 0) is 87.5 Å². The van der Waals surface area contributed by atoms with Crippen LogP contribution >= 0.6 is 0 Å². The molecule has 0 saturated heterocycles. The Balaban J connectivity index is 1.48. The maximum Gasteiger partial charge on any atom is 0.229 e. The maximum absolute atomic E-state index is 13.1. The van der Waals surface area contributed by atoms with Gasteiger partial charge in [-0.3, -0.25) is 4.57 Å². The van der Waals surface area contributed by atoms with Gasteiger partial charge in [-0.15, -0.1) is 10.2 Å². The van der Waals surface area contributed by atoms with Crippen LogP contribution in [0, 0.1) is 23.6 Å². The van der Waals surface area contributed by atoms with Crippen LogP contribution in [0.3, 0.4) is 0 Å². The minimum atomic E-state index is -0.225. The third-order valence-corrected chi connectivity index (χ3v) is 6.68. The van der Waals surface area contributed by atoms with E-state index >= 15 is 0 Å². The fraction of sp³-hybridized carbons (Fsp3) is 0.600. The van der Waals surface area contributed by atoms with Gasteiger partial charge in [0.2, 0.25) is 5.95 Å². The highest BCUT2D eigenvalue weighted by Crippen LogP contribution is 2.60. The molecule has 6 rings (SSSR count). The van der Waals surface area contributed by atoms with Crippen LogP contribution in [-0.4, -0.2) is 14.8 Å². The van der Waals surface area contributed by atoms with Crippen LogP contribution in [0.15, 0.2) is 24.3 Å². The Bertz CT molecular complexity index is 744. The summed E-state index contributed by atoms with van der Waals surface area (Å²) < 4.78 is 15.4. The molecule has 0 radical (unpaired) electrons. The first kappa shape index (κ1) is 15.4. The summed E-state index contributed by atoms with van der Waals surface area (Å²) in [6.45, 7) is 3.01.